The van der Waals surface area contributed by atoms with Gasteiger partial charge in [0.2, 0.25) is 5.91 Å². The van der Waals surface area contributed by atoms with Crippen molar-refractivity contribution in [2.45, 2.75) is 51.5 Å². The maximum Gasteiger partial charge on any atom is 0.225 e. The van der Waals surface area contributed by atoms with E-state index in [1.807, 2.05) is 35.9 Å². The van der Waals surface area contributed by atoms with Gasteiger partial charge < -0.3 is 10.2 Å². The molecule has 5 rings (SSSR count). The third kappa shape index (κ3) is 3.81. The number of benzene rings is 1. The largest absolute Gasteiger partial charge is 0.353 e. The average molecular weight is 444 g/mol. The molecule has 1 unspecified atom stereocenters. The van der Waals surface area contributed by atoms with Gasteiger partial charge in [0.05, 0.1) is 22.0 Å². The van der Waals surface area contributed by atoms with Crippen LogP contribution in [0.4, 0.5) is 5.13 Å². The fourth-order valence-corrected chi connectivity index (χ4v) is 5.72. The zero-order valence-corrected chi connectivity index (χ0v) is 18.7. The van der Waals surface area contributed by atoms with Gasteiger partial charge in [0.15, 0.2) is 10.8 Å². The van der Waals surface area contributed by atoms with Gasteiger partial charge >= 0.3 is 0 Å². The minimum Gasteiger partial charge on any atom is -0.353 e. The van der Waals surface area contributed by atoms with Crippen molar-refractivity contribution in [2.75, 3.05) is 18.0 Å². The molecule has 0 bridgehead atoms. The second-order valence-electron chi connectivity index (χ2n) is 8.40. The van der Waals surface area contributed by atoms with E-state index >= 15 is 0 Å². The Morgan fingerprint density at radius 1 is 1.17 bits per heavy atom. The van der Waals surface area contributed by atoms with E-state index in [9.17, 15) is 4.79 Å². The summed E-state index contributed by atoms with van der Waals surface area (Å²) in [5.74, 6) is 0.261. The van der Waals surface area contributed by atoms with E-state index in [-0.39, 0.29) is 11.8 Å². The first-order valence-electron chi connectivity index (χ1n) is 10.8. The molecule has 1 saturated heterocycles. The fourth-order valence-electron chi connectivity index (χ4n) is 4.57. The molecule has 0 radical (unpaired) electrons. The van der Waals surface area contributed by atoms with Gasteiger partial charge in [0.1, 0.15) is 0 Å². The number of carbonyl (C=O) groups is 1. The van der Waals surface area contributed by atoms with Crippen LogP contribution in [0.25, 0.3) is 16.0 Å². The highest BCUT2D eigenvalue weighted by atomic mass is 35.5. The number of rotatable bonds is 4. The summed E-state index contributed by atoms with van der Waals surface area (Å²) >= 11 is 7.71. The third-order valence-electron chi connectivity index (χ3n) is 6.21. The van der Waals surface area contributed by atoms with Crippen molar-refractivity contribution in [3.05, 3.63) is 35.0 Å². The van der Waals surface area contributed by atoms with E-state index in [0.717, 1.165) is 65.6 Å². The van der Waals surface area contributed by atoms with Crippen molar-refractivity contribution in [2.24, 2.45) is 5.92 Å². The van der Waals surface area contributed by atoms with Crippen molar-refractivity contribution in [3.8, 4) is 5.69 Å². The van der Waals surface area contributed by atoms with Crippen molar-refractivity contribution in [1.82, 2.24) is 20.1 Å². The van der Waals surface area contributed by atoms with E-state index in [1.165, 1.54) is 12.8 Å². The van der Waals surface area contributed by atoms with Gasteiger partial charge in [-0.05, 0) is 56.9 Å². The number of nitrogens with one attached hydrogen (secondary N) is 1. The second-order valence-corrected chi connectivity index (χ2v) is 9.81. The fraction of sp³-hybridized carbons (Fsp3) is 0.500. The Balaban J connectivity index is 1.37. The summed E-state index contributed by atoms with van der Waals surface area (Å²) in [6.45, 7) is 3.70. The number of hydrogen-bond acceptors (Lipinski definition) is 5. The molecule has 1 amide bonds. The maximum atomic E-state index is 12.8. The predicted molar refractivity (Wildman–Crippen MR) is 122 cm³/mol. The summed E-state index contributed by atoms with van der Waals surface area (Å²) in [4.78, 5) is 20.0. The highest BCUT2D eigenvalue weighted by Gasteiger charge is 2.30. The molecule has 2 fully saturated rings. The van der Waals surface area contributed by atoms with E-state index in [0.29, 0.717) is 11.1 Å². The van der Waals surface area contributed by atoms with Crippen LogP contribution in [0, 0.1) is 12.8 Å². The van der Waals surface area contributed by atoms with Crippen LogP contribution in [0.15, 0.2) is 24.3 Å². The average Bonchev–Trinajstić information content (AvgIpc) is 3.48. The van der Waals surface area contributed by atoms with Crippen molar-refractivity contribution in [3.63, 3.8) is 0 Å². The predicted octanol–water partition coefficient (Wildman–Crippen LogP) is 4.72. The normalized spacial score (nSPS) is 20.2. The number of thiazole rings is 1. The molecule has 1 aliphatic carbocycles. The first kappa shape index (κ1) is 19.8. The number of nitrogens with zero attached hydrogens (tertiary/aromatic N) is 4. The van der Waals surface area contributed by atoms with Gasteiger partial charge in [-0.25, -0.2) is 4.68 Å². The quantitative estimate of drug-likeness (QED) is 0.633. The summed E-state index contributed by atoms with van der Waals surface area (Å²) in [5, 5.41) is 9.63. The van der Waals surface area contributed by atoms with E-state index in [4.69, 9.17) is 16.6 Å². The van der Waals surface area contributed by atoms with E-state index in [1.54, 1.807) is 11.3 Å². The molecule has 30 heavy (non-hydrogen) atoms. The Kier molecular flexibility index (Phi) is 5.41. The first-order valence-corrected chi connectivity index (χ1v) is 12.0. The van der Waals surface area contributed by atoms with Gasteiger partial charge in [-0.3, -0.25) is 4.79 Å². The van der Waals surface area contributed by atoms with Crippen LogP contribution in [-0.4, -0.2) is 39.8 Å². The van der Waals surface area contributed by atoms with Crippen molar-refractivity contribution >= 4 is 44.3 Å². The Hall–Kier alpha value is -2.12. The third-order valence-corrected chi connectivity index (χ3v) is 7.68. The zero-order valence-electron chi connectivity index (χ0n) is 17.1. The lowest BCUT2D eigenvalue weighted by molar-refractivity contribution is -0.125. The molecular formula is C22H26ClN5OS. The number of piperidine rings is 1. The Morgan fingerprint density at radius 3 is 2.70 bits per heavy atom. The zero-order chi connectivity index (χ0) is 20.7. The van der Waals surface area contributed by atoms with Crippen LogP contribution in [-0.2, 0) is 4.79 Å². The summed E-state index contributed by atoms with van der Waals surface area (Å²) < 4.78 is 2.98. The molecule has 3 heterocycles. The lowest BCUT2D eigenvalue weighted by Gasteiger charge is -2.32. The number of hydrogen-bond donors (Lipinski definition) is 1. The highest BCUT2D eigenvalue weighted by molar-refractivity contribution is 7.22. The van der Waals surface area contributed by atoms with Crippen LogP contribution >= 0.6 is 22.9 Å². The Bertz CT molecular complexity index is 1050. The standard InChI is InChI=1S/C22H26ClN5OS/c1-14-19-20(28(26-14)18-10-8-16(23)9-11-18)25-22(30-19)27-12-4-5-15(13-27)21(29)24-17-6-2-3-7-17/h8-11,15,17H,2-7,12-13H2,1H3,(H,24,29). The molecule has 0 spiro atoms. The molecule has 158 valence electrons. The van der Waals surface area contributed by atoms with E-state index in [2.05, 4.69) is 15.3 Å². The van der Waals surface area contributed by atoms with E-state index < -0.39 is 0 Å². The molecule has 3 aromatic rings. The number of aryl methyl sites for hydroxylation is 1. The Morgan fingerprint density at radius 2 is 1.93 bits per heavy atom. The molecule has 6 nitrogen and oxygen atoms in total. The molecule has 2 aromatic heterocycles. The van der Waals surface area contributed by atoms with Crippen molar-refractivity contribution in [1.29, 1.82) is 0 Å². The lowest BCUT2D eigenvalue weighted by atomic mass is 9.97. The van der Waals surface area contributed by atoms with Gasteiger partial charge in [-0.2, -0.15) is 10.1 Å². The number of anilines is 1. The molecule has 2 aliphatic rings. The van der Waals surface area contributed by atoms with Crippen LogP contribution in [0.1, 0.15) is 44.2 Å². The molecule has 8 heteroatoms. The maximum absolute atomic E-state index is 12.8. The molecule has 1 saturated carbocycles. The van der Waals surface area contributed by atoms with Gasteiger partial charge in [0, 0.05) is 24.2 Å². The van der Waals surface area contributed by atoms with Gasteiger partial charge in [-0.1, -0.05) is 35.8 Å². The smallest absolute Gasteiger partial charge is 0.225 e. The summed E-state index contributed by atoms with van der Waals surface area (Å²) in [6, 6.07) is 8.02. The molecule has 1 aliphatic heterocycles. The number of amides is 1. The van der Waals surface area contributed by atoms with Crippen LogP contribution in [0.3, 0.4) is 0 Å². The van der Waals surface area contributed by atoms with Crippen LogP contribution in [0.5, 0.6) is 0 Å². The SMILES string of the molecule is Cc1nn(-c2ccc(Cl)cc2)c2nc(N3CCCC(C(=O)NC4CCCC4)C3)sc12. The summed E-state index contributed by atoms with van der Waals surface area (Å²) in [5.41, 5.74) is 2.78. The number of carbonyl (C=O) groups excluding carboxylic acids is 1. The minimum absolute atomic E-state index is 0.0419. The molecule has 1 atom stereocenters. The summed E-state index contributed by atoms with van der Waals surface area (Å²) in [6.07, 6.45) is 6.69. The lowest BCUT2D eigenvalue weighted by Crippen LogP contribution is -2.45. The molecule has 1 N–H and O–H groups in total. The van der Waals surface area contributed by atoms with Crippen LogP contribution < -0.4 is 10.2 Å². The topological polar surface area (TPSA) is 63.1 Å². The monoisotopic (exact) mass is 443 g/mol. The molecule has 1 aromatic carbocycles. The van der Waals surface area contributed by atoms with Crippen molar-refractivity contribution < 1.29 is 4.79 Å². The molecular weight excluding hydrogens is 418 g/mol. The summed E-state index contributed by atoms with van der Waals surface area (Å²) in [7, 11) is 0. The Labute approximate surface area is 185 Å². The number of halogens is 1. The minimum atomic E-state index is 0.0419. The van der Waals surface area contributed by atoms with Crippen LogP contribution in [0.2, 0.25) is 5.02 Å². The number of fused-ring (bicyclic) bond motifs is 1. The van der Waals surface area contributed by atoms with Gasteiger partial charge in [0.25, 0.3) is 0 Å². The first-order chi connectivity index (χ1) is 14.6. The number of aromatic nitrogens is 3. The highest BCUT2D eigenvalue weighted by Crippen LogP contribution is 2.34. The second kappa shape index (κ2) is 8.19. The van der Waals surface area contributed by atoms with Gasteiger partial charge in [-0.15, -0.1) is 0 Å².